The zero-order chi connectivity index (χ0) is 25.7. The van der Waals surface area contributed by atoms with Gasteiger partial charge in [0.1, 0.15) is 17.5 Å². The Labute approximate surface area is 225 Å². The third-order valence-electron chi connectivity index (χ3n) is 8.20. The second kappa shape index (κ2) is 11.9. The Bertz CT molecular complexity index is 1060. The number of piperidine rings is 2. The third-order valence-corrected chi connectivity index (χ3v) is 8.44. The highest BCUT2D eigenvalue weighted by Crippen LogP contribution is 2.34. The molecule has 9 heteroatoms. The van der Waals surface area contributed by atoms with E-state index in [1.54, 1.807) is 0 Å². The maximum atomic E-state index is 13.6. The highest BCUT2D eigenvalue weighted by atomic mass is 32.1. The molecule has 0 amide bonds. The first-order valence-electron chi connectivity index (χ1n) is 13.8. The van der Waals surface area contributed by atoms with Gasteiger partial charge in [-0.05, 0) is 88.2 Å². The summed E-state index contributed by atoms with van der Waals surface area (Å²) in [4.78, 5) is 14.6. The van der Waals surface area contributed by atoms with E-state index in [4.69, 9.17) is 26.9 Å². The number of hydrogen-bond acceptors (Lipinski definition) is 6. The van der Waals surface area contributed by atoms with Crippen LogP contribution in [0.5, 0.6) is 0 Å². The van der Waals surface area contributed by atoms with Crippen LogP contribution in [0.4, 0.5) is 22.0 Å². The normalized spacial score (nSPS) is 21.9. The van der Waals surface area contributed by atoms with E-state index in [0.717, 1.165) is 49.7 Å². The van der Waals surface area contributed by atoms with E-state index in [2.05, 4.69) is 33.4 Å². The number of hydrogen-bond donors (Lipinski definition) is 2. The second-order valence-corrected chi connectivity index (χ2v) is 11.1. The molecule has 37 heavy (non-hydrogen) atoms. The maximum absolute atomic E-state index is 13.6. The molecule has 5 rings (SSSR count). The molecule has 0 radical (unpaired) electrons. The van der Waals surface area contributed by atoms with Crippen molar-refractivity contribution in [3.8, 4) is 0 Å². The number of rotatable bonds is 6. The van der Waals surface area contributed by atoms with E-state index in [1.807, 2.05) is 12.1 Å². The predicted octanol–water partition coefficient (Wildman–Crippen LogP) is 5.02. The van der Waals surface area contributed by atoms with Gasteiger partial charge in [-0.3, -0.25) is 0 Å². The summed E-state index contributed by atoms with van der Waals surface area (Å²) < 4.78 is 19.2. The fourth-order valence-corrected chi connectivity index (χ4v) is 6.04. The fourth-order valence-electron chi connectivity index (χ4n) is 5.88. The number of nitrogens with zero attached hydrogens (tertiary/aromatic N) is 4. The molecule has 1 unspecified atom stereocenters. The zero-order valence-electron chi connectivity index (χ0n) is 21.8. The average Bonchev–Trinajstić information content (AvgIpc) is 2.93. The summed E-state index contributed by atoms with van der Waals surface area (Å²) in [6.07, 6.45) is 9.00. The van der Waals surface area contributed by atoms with Crippen LogP contribution in [0.3, 0.4) is 0 Å². The molecule has 0 saturated carbocycles. The standard InChI is InChI=1S/C28H39FN6OS/c1-21-7-3-6-16-35(21)25-19-24(34-14-4-2-5-15-34)31-26(32-25)33-27(37)30-20-28(12-17-36-18-13-28)22-8-10-23(29)11-9-22/h8-11,19,21H,2-7,12-18,20H2,1H3,(H2,30,31,32,33,37). The highest BCUT2D eigenvalue weighted by molar-refractivity contribution is 7.80. The van der Waals surface area contributed by atoms with Gasteiger partial charge in [-0.1, -0.05) is 12.1 Å². The van der Waals surface area contributed by atoms with Crippen LogP contribution in [0.25, 0.3) is 0 Å². The molecule has 200 valence electrons. The number of nitrogens with one attached hydrogen (secondary N) is 2. The summed E-state index contributed by atoms with van der Waals surface area (Å²) in [6.45, 7) is 7.34. The Morgan fingerprint density at radius 1 is 1.03 bits per heavy atom. The quantitative estimate of drug-likeness (QED) is 0.509. The van der Waals surface area contributed by atoms with E-state index < -0.39 is 0 Å². The zero-order valence-corrected chi connectivity index (χ0v) is 22.7. The van der Waals surface area contributed by atoms with Gasteiger partial charge in [0.15, 0.2) is 5.11 Å². The lowest BCUT2D eigenvalue weighted by molar-refractivity contribution is 0.0515. The van der Waals surface area contributed by atoms with Crippen LogP contribution in [-0.4, -0.2) is 60.5 Å². The summed E-state index contributed by atoms with van der Waals surface area (Å²) in [7, 11) is 0. The van der Waals surface area contributed by atoms with Gasteiger partial charge in [0.05, 0.1) is 0 Å². The lowest BCUT2D eigenvalue weighted by Gasteiger charge is -2.38. The fraction of sp³-hybridized carbons (Fsp3) is 0.607. The van der Waals surface area contributed by atoms with Crippen LogP contribution < -0.4 is 20.4 Å². The molecule has 4 heterocycles. The maximum Gasteiger partial charge on any atom is 0.232 e. The topological polar surface area (TPSA) is 65.5 Å². The largest absolute Gasteiger partial charge is 0.381 e. The summed E-state index contributed by atoms with van der Waals surface area (Å²) in [5, 5.41) is 7.21. The molecule has 1 aromatic carbocycles. The van der Waals surface area contributed by atoms with E-state index in [9.17, 15) is 4.39 Å². The number of thiocarbonyl (C=S) groups is 1. The average molecular weight is 527 g/mol. The van der Waals surface area contributed by atoms with Crippen LogP contribution in [0.15, 0.2) is 30.3 Å². The van der Waals surface area contributed by atoms with Crippen molar-refractivity contribution in [2.75, 3.05) is 54.5 Å². The van der Waals surface area contributed by atoms with Crippen LogP contribution in [0, 0.1) is 5.82 Å². The Morgan fingerprint density at radius 2 is 1.73 bits per heavy atom. The minimum atomic E-state index is -0.222. The van der Waals surface area contributed by atoms with E-state index >= 15 is 0 Å². The predicted molar refractivity (Wildman–Crippen MR) is 151 cm³/mol. The van der Waals surface area contributed by atoms with Gasteiger partial charge >= 0.3 is 0 Å². The SMILES string of the molecule is CC1CCCCN1c1cc(N2CCCCC2)nc(NC(=S)NCC2(c3ccc(F)cc3)CCOCC2)n1. The minimum Gasteiger partial charge on any atom is -0.381 e. The molecule has 1 atom stereocenters. The molecule has 0 bridgehead atoms. The van der Waals surface area contributed by atoms with Gasteiger partial charge < -0.3 is 25.2 Å². The van der Waals surface area contributed by atoms with E-state index in [0.29, 0.717) is 36.9 Å². The molecule has 3 aliphatic heterocycles. The number of ether oxygens (including phenoxy) is 1. The number of halogens is 1. The lowest BCUT2D eigenvalue weighted by Crippen LogP contribution is -2.45. The van der Waals surface area contributed by atoms with Crippen molar-refractivity contribution < 1.29 is 9.13 Å². The Kier molecular flexibility index (Phi) is 8.39. The molecule has 3 saturated heterocycles. The molecule has 3 aliphatic rings. The van der Waals surface area contributed by atoms with Crippen LogP contribution in [0.2, 0.25) is 0 Å². The number of anilines is 3. The molecular formula is C28H39FN6OS. The van der Waals surface area contributed by atoms with Crippen molar-refractivity contribution in [2.45, 2.75) is 69.7 Å². The molecule has 3 fully saturated rings. The van der Waals surface area contributed by atoms with Crippen LogP contribution >= 0.6 is 12.2 Å². The molecule has 2 aromatic rings. The van der Waals surface area contributed by atoms with Crippen molar-refractivity contribution in [3.63, 3.8) is 0 Å². The second-order valence-electron chi connectivity index (χ2n) is 10.7. The van der Waals surface area contributed by atoms with Gasteiger partial charge in [0.25, 0.3) is 0 Å². The van der Waals surface area contributed by atoms with Gasteiger partial charge in [0.2, 0.25) is 5.95 Å². The number of benzene rings is 1. The third kappa shape index (κ3) is 6.32. The summed E-state index contributed by atoms with van der Waals surface area (Å²) >= 11 is 5.73. The summed E-state index contributed by atoms with van der Waals surface area (Å²) in [5.41, 5.74) is 0.944. The first-order valence-corrected chi connectivity index (χ1v) is 14.2. The van der Waals surface area contributed by atoms with Crippen LogP contribution in [0.1, 0.15) is 63.9 Å². The van der Waals surface area contributed by atoms with E-state index in [1.165, 1.54) is 50.7 Å². The summed E-state index contributed by atoms with van der Waals surface area (Å²) in [6, 6.07) is 9.45. The molecule has 2 N–H and O–H groups in total. The van der Waals surface area contributed by atoms with Crippen molar-refractivity contribution in [3.05, 3.63) is 41.7 Å². The molecule has 7 nitrogen and oxygen atoms in total. The van der Waals surface area contributed by atoms with E-state index in [-0.39, 0.29) is 11.2 Å². The summed E-state index contributed by atoms with van der Waals surface area (Å²) in [5.74, 6) is 2.26. The first kappa shape index (κ1) is 26.1. The molecule has 1 aromatic heterocycles. The smallest absolute Gasteiger partial charge is 0.232 e. The molecule has 0 spiro atoms. The van der Waals surface area contributed by atoms with Crippen LogP contribution in [-0.2, 0) is 10.2 Å². The van der Waals surface area contributed by atoms with Crippen molar-refractivity contribution >= 4 is 34.9 Å². The number of aromatic nitrogens is 2. The van der Waals surface area contributed by atoms with Gasteiger partial charge in [-0.15, -0.1) is 0 Å². The lowest BCUT2D eigenvalue weighted by atomic mass is 9.74. The van der Waals surface area contributed by atoms with Gasteiger partial charge in [0, 0.05) is 56.9 Å². The molecular weight excluding hydrogens is 487 g/mol. The Morgan fingerprint density at radius 3 is 2.46 bits per heavy atom. The van der Waals surface area contributed by atoms with Crippen molar-refractivity contribution in [1.82, 2.24) is 15.3 Å². The van der Waals surface area contributed by atoms with Gasteiger partial charge in [-0.2, -0.15) is 9.97 Å². The minimum absolute atomic E-state index is 0.164. The first-order chi connectivity index (χ1) is 18.0. The highest BCUT2D eigenvalue weighted by Gasteiger charge is 2.34. The monoisotopic (exact) mass is 526 g/mol. The Balaban J connectivity index is 1.33. The Hall–Kier alpha value is -2.52. The van der Waals surface area contributed by atoms with Crippen molar-refractivity contribution in [1.29, 1.82) is 0 Å². The molecule has 0 aliphatic carbocycles. The van der Waals surface area contributed by atoms with Crippen molar-refractivity contribution in [2.24, 2.45) is 0 Å². The van der Waals surface area contributed by atoms with Gasteiger partial charge in [-0.25, -0.2) is 4.39 Å².